The number of carbonyl (C=O) groups excluding carboxylic acids is 3. The molecule has 2 aromatic rings. The normalized spacial score (nSPS) is 12.6. The zero-order chi connectivity index (χ0) is 31.0. The molecule has 0 radical (unpaired) electrons. The Bertz CT molecular complexity index is 1110. The van der Waals surface area contributed by atoms with Crippen LogP contribution < -0.4 is 9.47 Å². The van der Waals surface area contributed by atoms with Crippen LogP contribution in [0.15, 0.2) is 48.5 Å². The van der Waals surface area contributed by atoms with Gasteiger partial charge in [0.2, 0.25) is 0 Å². The first-order valence-corrected chi connectivity index (χ1v) is 15.5. The largest absolute Gasteiger partial charge is 0.490 e. The third-order valence-corrected chi connectivity index (χ3v) is 7.03. The van der Waals surface area contributed by atoms with Crippen LogP contribution in [0.1, 0.15) is 44.2 Å². The maximum Gasteiger partial charge on any atom is 0.307 e. The summed E-state index contributed by atoms with van der Waals surface area (Å²) in [5.74, 6) is 0.317. The van der Waals surface area contributed by atoms with Crippen LogP contribution in [-0.2, 0) is 34.0 Å². The number of ether oxygens (including phenoxy) is 5. The lowest BCUT2D eigenvalue weighted by molar-refractivity contribution is -0.160. The summed E-state index contributed by atoms with van der Waals surface area (Å²) in [5.41, 5.74) is 1.75. The van der Waals surface area contributed by atoms with E-state index in [1.54, 1.807) is 0 Å². The van der Waals surface area contributed by atoms with Crippen molar-refractivity contribution in [3.8, 4) is 11.5 Å². The fourth-order valence-corrected chi connectivity index (χ4v) is 4.30. The summed E-state index contributed by atoms with van der Waals surface area (Å²) in [7, 11) is 0. The van der Waals surface area contributed by atoms with Crippen LogP contribution in [0.2, 0.25) is 0 Å². The summed E-state index contributed by atoms with van der Waals surface area (Å²) in [5, 5.41) is 0. The van der Waals surface area contributed by atoms with Gasteiger partial charge in [-0.3, -0.25) is 14.4 Å². The molecule has 0 heterocycles. The van der Waals surface area contributed by atoms with Gasteiger partial charge in [0.15, 0.2) is 6.10 Å². The topological polar surface area (TPSA) is 97.4 Å². The van der Waals surface area contributed by atoms with Crippen LogP contribution in [0.4, 0.5) is 0 Å². The molecular formula is C30H36Cl4O8. The molecule has 12 heteroatoms. The Kier molecular flexibility index (Phi) is 16.2. The second kappa shape index (κ2) is 19.0. The van der Waals surface area contributed by atoms with Crippen LogP contribution in [-0.4, -0.2) is 73.5 Å². The van der Waals surface area contributed by atoms with E-state index in [4.69, 9.17) is 70.1 Å². The fraction of sp³-hybridized carbons (Fsp3) is 0.500. The first-order chi connectivity index (χ1) is 20.1. The van der Waals surface area contributed by atoms with Gasteiger partial charge in [-0.2, -0.15) is 0 Å². The zero-order valence-corrected chi connectivity index (χ0v) is 26.6. The van der Waals surface area contributed by atoms with Gasteiger partial charge in [0.1, 0.15) is 37.4 Å². The van der Waals surface area contributed by atoms with Crippen molar-refractivity contribution < 1.29 is 38.1 Å². The highest BCUT2D eigenvalue weighted by Crippen LogP contribution is 2.33. The number of rotatable bonds is 19. The fourth-order valence-electron chi connectivity index (χ4n) is 3.69. The van der Waals surface area contributed by atoms with E-state index in [0.717, 1.165) is 11.1 Å². The van der Waals surface area contributed by atoms with E-state index >= 15 is 0 Å². The SMILES string of the molecule is CC(C)(c1ccc(OCC(CCl)OC(=O)CCCl)cc1)c1ccc(OCC(COC(=O)CCCl)OC(=O)CCCl)cc1. The van der Waals surface area contributed by atoms with Gasteiger partial charge >= 0.3 is 17.9 Å². The minimum Gasteiger partial charge on any atom is -0.490 e. The summed E-state index contributed by atoms with van der Waals surface area (Å²) in [4.78, 5) is 35.3. The molecule has 0 spiro atoms. The Balaban J connectivity index is 1.98. The van der Waals surface area contributed by atoms with Crippen molar-refractivity contribution in [2.75, 3.05) is 43.3 Å². The Morgan fingerprint density at radius 2 is 1.02 bits per heavy atom. The smallest absolute Gasteiger partial charge is 0.307 e. The zero-order valence-electron chi connectivity index (χ0n) is 23.6. The maximum atomic E-state index is 11.9. The molecule has 0 aliphatic carbocycles. The lowest BCUT2D eigenvalue weighted by atomic mass is 9.78. The molecule has 232 valence electrons. The summed E-state index contributed by atoms with van der Waals surface area (Å²) in [6.45, 7) is 4.16. The van der Waals surface area contributed by atoms with Gasteiger partial charge in [-0.1, -0.05) is 38.1 Å². The monoisotopic (exact) mass is 664 g/mol. The van der Waals surface area contributed by atoms with Crippen molar-refractivity contribution >= 4 is 64.3 Å². The van der Waals surface area contributed by atoms with E-state index in [1.165, 1.54) is 0 Å². The second-order valence-corrected chi connectivity index (χ2v) is 11.1. The minimum atomic E-state index is -0.797. The molecule has 2 atom stereocenters. The van der Waals surface area contributed by atoms with E-state index in [-0.39, 0.29) is 68.0 Å². The predicted octanol–water partition coefficient (Wildman–Crippen LogP) is 6.26. The van der Waals surface area contributed by atoms with E-state index in [2.05, 4.69) is 13.8 Å². The van der Waals surface area contributed by atoms with Crippen molar-refractivity contribution in [1.82, 2.24) is 0 Å². The second-order valence-electron chi connectivity index (χ2n) is 9.67. The Hall–Kier alpha value is -2.39. The number of carbonyl (C=O) groups is 3. The molecule has 42 heavy (non-hydrogen) atoms. The first kappa shape index (κ1) is 35.8. The molecule has 2 aromatic carbocycles. The highest BCUT2D eigenvalue weighted by Gasteiger charge is 2.24. The van der Waals surface area contributed by atoms with Crippen LogP contribution in [0.5, 0.6) is 11.5 Å². The van der Waals surface area contributed by atoms with Crippen LogP contribution in [0, 0.1) is 0 Å². The number of esters is 3. The van der Waals surface area contributed by atoms with Gasteiger partial charge in [-0.25, -0.2) is 0 Å². The van der Waals surface area contributed by atoms with Gasteiger partial charge in [0, 0.05) is 23.1 Å². The highest BCUT2D eigenvalue weighted by atomic mass is 35.5. The number of benzene rings is 2. The minimum absolute atomic E-state index is 0.0110. The van der Waals surface area contributed by atoms with Gasteiger partial charge in [-0.05, 0) is 35.4 Å². The number of hydrogen-bond donors (Lipinski definition) is 0. The molecule has 0 N–H and O–H groups in total. The number of hydrogen-bond acceptors (Lipinski definition) is 8. The third kappa shape index (κ3) is 12.5. The van der Waals surface area contributed by atoms with E-state index in [1.807, 2.05) is 48.5 Å². The number of halogens is 4. The lowest BCUT2D eigenvalue weighted by Crippen LogP contribution is -2.31. The molecule has 0 bridgehead atoms. The average molecular weight is 666 g/mol. The van der Waals surface area contributed by atoms with Crippen molar-refractivity contribution in [2.45, 2.75) is 50.7 Å². The Morgan fingerprint density at radius 3 is 1.45 bits per heavy atom. The predicted molar refractivity (Wildman–Crippen MR) is 163 cm³/mol. The van der Waals surface area contributed by atoms with E-state index in [0.29, 0.717) is 11.5 Å². The lowest BCUT2D eigenvalue weighted by Gasteiger charge is -2.27. The molecule has 2 unspecified atom stereocenters. The standard InChI is InChI=1S/C30H36Cl4O8/c1-30(2,21-3-7-23(8-4-21)38-18-25(17-34)41-28(36)12-15-32)22-5-9-24(10-6-22)39-19-26(42-29(37)13-16-33)20-40-27(35)11-14-31/h3-10,25-26H,11-20H2,1-2H3. The van der Waals surface area contributed by atoms with Crippen molar-refractivity contribution in [2.24, 2.45) is 0 Å². The van der Waals surface area contributed by atoms with Crippen LogP contribution in [0.3, 0.4) is 0 Å². The highest BCUT2D eigenvalue weighted by molar-refractivity contribution is 6.19. The summed E-state index contributed by atoms with van der Waals surface area (Å²) in [6.07, 6.45) is -1.17. The van der Waals surface area contributed by atoms with E-state index in [9.17, 15) is 14.4 Å². The average Bonchev–Trinajstić information content (AvgIpc) is 2.97. The molecular weight excluding hydrogens is 630 g/mol. The van der Waals surface area contributed by atoms with Gasteiger partial charge in [-0.15, -0.1) is 46.4 Å². The maximum absolute atomic E-state index is 11.9. The molecule has 0 aliphatic rings. The van der Waals surface area contributed by atoms with Gasteiger partial charge in [0.05, 0.1) is 25.1 Å². The first-order valence-electron chi connectivity index (χ1n) is 13.4. The molecule has 8 nitrogen and oxygen atoms in total. The third-order valence-electron chi connectivity index (χ3n) is 6.12. The van der Waals surface area contributed by atoms with Crippen molar-refractivity contribution in [3.63, 3.8) is 0 Å². The van der Waals surface area contributed by atoms with Crippen molar-refractivity contribution in [1.29, 1.82) is 0 Å². The Labute approximate surface area is 266 Å². The van der Waals surface area contributed by atoms with Crippen LogP contribution >= 0.6 is 46.4 Å². The quantitative estimate of drug-likeness (QED) is 0.0985. The molecule has 0 aromatic heterocycles. The van der Waals surface area contributed by atoms with E-state index < -0.39 is 30.1 Å². The van der Waals surface area contributed by atoms with Crippen molar-refractivity contribution in [3.05, 3.63) is 59.7 Å². The molecule has 2 rings (SSSR count). The summed E-state index contributed by atoms with van der Waals surface area (Å²) in [6, 6.07) is 15.2. The van der Waals surface area contributed by atoms with Crippen LogP contribution in [0.25, 0.3) is 0 Å². The summed E-state index contributed by atoms with van der Waals surface area (Å²) >= 11 is 22.7. The molecule has 0 saturated carbocycles. The van der Waals surface area contributed by atoms with Gasteiger partial charge in [0.25, 0.3) is 0 Å². The Morgan fingerprint density at radius 1 is 0.619 bits per heavy atom. The molecule has 0 saturated heterocycles. The summed E-state index contributed by atoms with van der Waals surface area (Å²) < 4.78 is 27.3. The van der Waals surface area contributed by atoms with Gasteiger partial charge < -0.3 is 23.7 Å². The molecule has 0 aliphatic heterocycles. The number of alkyl halides is 4. The molecule has 0 fully saturated rings. The molecule has 0 amide bonds.